The second-order valence-electron chi connectivity index (χ2n) is 7.21. The minimum atomic E-state index is -3.57. The number of amides is 1. The zero-order valence-electron chi connectivity index (χ0n) is 15.7. The summed E-state index contributed by atoms with van der Waals surface area (Å²) < 4.78 is 32.8. The van der Waals surface area contributed by atoms with Crippen LogP contribution in [0.3, 0.4) is 0 Å². The predicted octanol–water partition coefficient (Wildman–Crippen LogP) is 2.30. The summed E-state index contributed by atoms with van der Waals surface area (Å²) in [6.07, 6.45) is 3.84. The van der Waals surface area contributed by atoms with Crippen LogP contribution in [0.5, 0.6) is 5.75 Å². The molecule has 148 valence electrons. The number of rotatable bonds is 3. The maximum absolute atomic E-state index is 13.2. The fourth-order valence-corrected chi connectivity index (χ4v) is 5.24. The second kappa shape index (κ2) is 7.52. The highest BCUT2D eigenvalue weighted by Gasteiger charge is 2.36. The highest BCUT2D eigenvalue weighted by atomic mass is 32.2. The summed E-state index contributed by atoms with van der Waals surface area (Å²) in [4.78, 5) is 19.1. The van der Waals surface area contributed by atoms with Gasteiger partial charge in [0.15, 0.2) is 0 Å². The SMILES string of the molecule is C[C@@H]1CN(C(=O)C2CCN(S(=O)(=O)c3cccnc3)CC2)c2ccccc2O1. The number of sulfonamides is 1. The van der Waals surface area contributed by atoms with Crippen LogP contribution in [-0.2, 0) is 14.8 Å². The lowest BCUT2D eigenvalue weighted by atomic mass is 9.95. The Kier molecular flexibility index (Phi) is 5.07. The molecule has 7 nitrogen and oxygen atoms in total. The van der Waals surface area contributed by atoms with Crippen molar-refractivity contribution in [1.29, 1.82) is 0 Å². The van der Waals surface area contributed by atoms with Crippen LogP contribution in [0.15, 0.2) is 53.7 Å². The number of ether oxygens (including phenoxy) is 1. The molecule has 0 spiro atoms. The molecule has 0 N–H and O–H groups in total. The molecule has 3 heterocycles. The number of fused-ring (bicyclic) bond motifs is 1. The third-order valence-corrected chi connectivity index (χ3v) is 7.15. The molecule has 1 atom stereocenters. The van der Waals surface area contributed by atoms with Crippen molar-refractivity contribution in [2.45, 2.75) is 30.8 Å². The largest absolute Gasteiger partial charge is 0.487 e. The van der Waals surface area contributed by atoms with Crippen LogP contribution >= 0.6 is 0 Å². The van der Waals surface area contributed by atoms with E-state index in [1.807, 2.05) is 31.2 Å². The van der Waals surface area contributed by atoms with Crippen molar-refractivity contribution in [3.8, 4) is 5.75 Å². The van der Waals surface area contributed by atoms with Crippen LogP contribution in [0, 0.1) is 5.92 Å². The first-order valence-corrected chi connectivity index (χ1v) is 10.9. The maximum Gasteiger partial charge on any atom is 0.244 e. The number of para-hydroxylation sites is 2. The molecule has 1 aromatic carbocycles. The summed E-state index contributed by atoms with van der Waals surface area (Å²) in [7, 11) is -3.57. The van der Waals surface area contributed by atoms with Gasteiger partial charge in [-0.2, -0.15) is 4.31 Å². The molecule has 28 heavy (non-hydrogen) atoms. The Morgan fingerprint density at radius 2 is 1.89 bits per heavy atom. The van der Waals surface area contributed by atoms with E-state index in [-0.39, 0.29) is 22.8 Å². The Balaban J connectivity index is 1.47. The molecule has 2 aromatic rings. The van der Waals surface area contributed by atoms with Crippen molar-refractivity contribution in [2.24, 2.45) is 5.92 Å². The van der Waals surface area contributed by atoms with Gasteiger partial charge in [-0.05, 0) is 44.0 Å². The molecule has 0 unspecified atom stereocenters. The summed E-state index contributed by atoms with van der Waals surface area (Å²) in [5, 5.41) is 0. The van der Waals surface area contributed by atoms with Gasteiger partial charge in [0, 0.05) is 31.4 Å². The minimum absolute atomic E-state index is 0.0426. The monoisotopic (exact) mass is 401 g/mol. The molecule has 0 radical (unpaired) electrons. The highest BCUT2D eigenvalue weighted by Crippen LogP contribution is 2.35. The van der Waals surface area contributed by atoms with Gasteiger partial charge in [-0.3, -0.25) is 9.78 Å². The van der Waals surface area contributed by atoms with Gasteiger partial charge in [0.2, 0.25) is 15.9 Å². The fraction of sp³-hybridized carbons (Fsp3) is 0.400. The summed E-state index contributed by atoms with van der Waals surface area (Å²) in [6.45, 7) is 3.10. The number of aromatic nitrogens is 1. The highest BCUT2D eigenvalue weighted by molar-refractivity contribution is 7.89. The van der Waals surface area contributed by atoms with E-state index in [1.165, 1.54) is 10.5 Å². The summed E-state index contributed by atoms with van der Waals surface area (Å²) in [6, 6.07) is 10.7. The van der Waals surface area contributed by atoms with Crippen LogP contribution in [0.4, 0.5) is 5.69 Å². The lowest BCUT2D eigenvalue weighted by Gasteiger charge is -2.37. The third-order valence-electron chi connectivity index (χ3n) is 5.27. The Bertz CT molecular complexity index is 956. The van der Waals surface area contributed by atoms with Crippen molar-refractivity contribution >= 4 is 21.6 Å². The topological polar surface area (TPSA) is 79.8 Å². The zero-order chi connectivity index (χ0) is 19.7. The predicted molar refractivity (Wildman–Crippen MR) is 105 cm³/mol. The summed E-state index contributed by atoms with van der Waals surface area (Å²) in [5.74, 6) is 0.561. The van der Waals surface area contributed by atoms with E-state index in [0.29, 0.717) is 38.2 Å². The van der Waals surface area contributed by atoms with E-state index in [2.05, 4.69) is 4.98 Å². The van der Waals surface area contributed by atoms with Crippen LogP contribution < -0.4 is 9.64 Å². The number of benzene rings is 1. The molecule has 0 aliphatic carbocycles. The number of hydrogen-bond donors (Lipinski definition) is 0. The van der Waals surface area contributed by atoms with Gasteiger partial charge in [0.1, 0.15) is 16.7 Å². The molecule has 1 saturated heterocycles. The Morgan fingerprint density at radius 1 is 1.14 bits per heavy atom. The zero-order valence-corrected chi connectivity index (χ0v) is 16.5. The van der Waals surface area contributed by atoms with Gasteiger partial charge >= 0.3 is 0 Å². The third kappa shape index (κ3) is 3.49. The molecular formula is C20H23N3O4S. The van der Waals surface area contributed by atoms with Crippen LogP contribution in [-0.4, -0.2) is 49.4 Å². The average molecular weight is 401 g/mol. The molecule has 1 amide bonds. The first-order chi connectivity index (χ1) is 13.5. The Hall–Kier alpha value is -2.45. The smallest absolute Gasteiger partial charge is 0.244 e. The lowest BCUT2D eigenvalue weighted by Crippen LogP contribution is -2.48. The lowest BCUT2D eigenvalue weighted by molar-refractivity contribution is -0.124. The van der Waals surface area contributed by atoms with Crippen molar-refractivity contribution < 1.29 is 17.9 Å². The van der Waals surface area contributed by atoms with E-state index in [0.717, 1.165) is 5.69 Å². The van der Waals surface area contributed by atoms with Crippen LogP contribution in [0.2, 0.25) is 0 Å². The van der Waals surface area contributed by atoms with Crippen molar-refractivity contribution in [2.75, 3.05) is 24.5 Å². The van der Waals surface area contributed by atoms with E-state index in [1.54, 1.807) is 23.2 Å². The van der Waals surface area contributed by atoms with Crippen LogP contribution in [0.1, 0.15) is 19.8 Å². The van der Waals surface area contributed by atoms with E-state index in [9.17, 15) is 13.2 Å². The van der Waals surface area contributed by atoms with E-state index >= 15 is 0 Å². The van der Waals surface area contributed by atoms with Gasteiger partial charge in [-0.15, -0.1) is 0 Å². The Morgan fingerprint density at radius 3 is 2.61 bits per heavy atom. The molecule has 2 aliphatic heterocycles. The molecule has 4 rings (SSSR count). The summed E-state index contributed by atoms with van der Waals surface area (Å²) in [5.41, 5.74) is 0.788. The number of anilines is 1. The Labute approximate surface area is 165 Å². The molecule has 0 saturated carbocycles. The number of hydrogen-bond acceptors (Lipinski definition) is 5. The van der Waals surface area contributed by atoms with Gasteiger partial charge in [0.25, 0.3) is 0 Å². The minimum Gasteiger partial charge on any atom is -0.487 e. The van der Waals surface area contributed by atoms with Crippen molar-refractivity contribution in [1.82, 2.24) is 9.29 Å². The number of piperidine rings is 1. The molecule has 2 aliphatic rings. The standard InChI is InChI=1S/C20H23N3O4S/c1-15-14-23(18-6-2-3-7-19(18)27-15)20(24)16-8-11-22(12-9-16)28(25,26)17-5-4-10-21-13-17/h2-7,10,13,15-16H,8-9,11-12,14H2,1H3/t15-/m1/s1. The number of pyridine rings is 1. The van der Waals surface area contributed by atoms with Crippen molar-refractivity contribution in [3.05, 3.63) is 48.8 Å². The second-order valence-corrected chi connectivity index (χ2v) is 9.15. The quantitative estimate of drug-likeness (QED) is 0.788. The van der Waals surface area contributed by atoms with Crippen molar-refractivity contribution in [3.63, 3.8) is 0 Å². The maximum atomic E-state index is 13.2. The molecule has 8 heteroatoms. The van der Waals surface area contributed by atoms with Gasteiger partial charge < -0.3 is 9.64 Å². The molecular weight excluding hydrogens is 378 g/mol. The number of carbonyl (C=O) groups is 1. The molecule has 0 bridgehead atoms. The average Bonchev–Trinajstić information content (AvgIpc) is 2.73. The fourth-order valence-electron chi connectivity index (χ4n) is 3.81. The number of carbonyl (C=O) groups excluding carboxylic acids is 1. The molecule has 1 fully saturated rings. The van der Waals surface area contributed by atoms with Gasteiger partial charge in [-0.25, -0.2) is 8.42 Å². The van der Waals surface area contributed by atoms with E-state index in [4.69, 9.17) is 4.74 Å². The first kappa shape index (κ1) is 18.9. The summed E-state index contributed by atoms with van der Waals surface area (Å²) >= 11 is 0. The number of nitrogens with zero attached hydrogens (tertiary/aromatic N) is 3. The van der Waals surface area contributed by atoms with Gasteiger partial charge in [-0.1, -0.05) is 12.1 Å². The van der Waals surface area contributed by atoms with Gasteiger partial charge in [0.05, 0.1) is 12.2 Å². The molecule has 1 aromatic heterocycles. The first-order valence-electron chi connectivity index (χ1n) is 9.44. The van der Waals surface area contributed by atoms with E-state index < -0.39 is 10.0 Å². The normalized spacial score (nSPS) is 21.0. The van der Waals surface area contributed by atoms with Crippen LogP contribution in [0.25, 0.3) is 0 Å².